The van der Waals surface area contributed by atoms with Crippen LogP contribution < -0.4 is 15.2 Å². The molecule has 0 saturated carbocycles. The van der Waals surface area contributed by atoms with Crippen molar-refractivity contribution in [3.63, 3.8) is 0 Å². The average molecular weight is 512 g/mol. The minimum absolute atomic E-state index is 0.0132. The predicted octanol–water partition coefficient (Wildman–Crippen LogP) is 4.91. The lowest BCUT2D eigenvalue weighted by atomic mass is 9.76. The van der Waals surface area contributed by atoms with E-state index in [1.807, 2.05) is 0 Å². The van der Waals surface area contributed by atoms with Crippen LogP contribution >= 0.6 is 15.9 Å². The van der Waals surface area contributed by atoms with Gasteiger partial charge in [0.15, 0.2) is 17.3 Å². The molecular weight excluding hydrogens is 489 g/mol. The second-order valence-corrected chi connectivity index (χ2v) is 8.81. The molecule has 1 heterocycles. The summed E-state index contributed by atoms with van der Waals surface area (Å²) >= 11 is 3.53. The van der Waals surface area contributed by atoms with Crippen LogP contribution in [0.25, 0.3) is 0 Å². The zero-order valence-corrected chi connectivity index (χ0v) is 19.9. The van der Waals surface area contributed by atoms with Crippen molar-refractivity contribution in [3.8, 4) is 17.6 Å². The van der Waals surface area contributed by atoms with Crippen molar-refractivity contribution in [2.75, 3.05) is 14.2 Å². The Morgan fingerprint density at radius 2 is 2.06 bits per heavy atom. The molecule has 8 heteroatoms. The number of carbonyl (C=O) groups excluding carboxylic acids is 1. The first kappa shape index (κ1) is 22.9. The maximum absolute atomic E-state index is 14.0. The Bertz CT molecular complexity index is 1230. The number of nitrogens with zero attached hydrogens (tertiary/aromatic N) is 2. The molecule has 2 aliphatic rings. The molecule has 1 aliphatic carbocycles. The smallest absolute Gasteiger partial charge is 0.175 e. The summed E-state index contributed by atoms with van der Waals surface area (Å²) in [6.45, 7) is 0.0132. The molecule has 0 amide bonds. The normalized spacial score (nSPS) is 18.2. The molecule has 0 saturated heterocycles. The van der Waals surface area contributed by atoms with Gasteiger partial charge in [0.25, 0.3) is 0 Å². The number of hydrogen-bond donors (Lipinski definition) is 1. The molecule has 4 rings (SSSR count). The Hall–Kier alpha value is -3.31. The van der Waals surface area contributed by atoms with Crippen LogP contribution in [-0.2, 0) is 11.4 Å². The molecule has 0 fully saturated rings. The second-order valence-electron chi connectivity index (χ2n) is 7.95. The number of halogens is 2. The van der Waals surface area contributed by atoms with E-state index >= 15 is 0 Å². The fraction of sp³-hybridized carbons (Fsp3) is 0.280. The summed E-state index contributed by atoms with van der Waals surface area (Å²) in [5, 5.41) is 9.92. The van der Waals surface area contributed by atoms with Gasteiger partial charge in [0, 0.05) is 30.3 Å². The van der Waals surface area contributed by atoms with Gasteiger partial charge in [-0.25, -0.2) is 4.39 Å². The van der Waals surface area contributed by atoms with Crippen LogP contribution in [0.15, 0.2) is 63.5 Å². The summed E-state index contributed by atoms with van der Waals surface area (Å²) in [6.07, 6.45) is 1.90. The molecule has 33 heavy (non-hydrogen) atoms. The largest absolute Gasteiger partial charge is 0.493 e. The van der Waals surface area contributed by atoms with E-state index in [9.17, 15) is 14.4 Å². The molecule has 6 nitrogen and oxygen atoms in total. The molecule has 2 N–H and O–H groups in total. The third kappa shape index (κ3) is 4.09. The van der Waals surface area contributed by atoms with Crippen LogP contribution in [0.3, 0.4) is 0 Å². The number of benzene rings is 2. The van der Waals surface area contributed by atoms with Gasteiger partial charge in [-0.05, 0) is 52.5 Å². The molecule has 1 aliphatic heterocycles. The molecule has 0 bridgehead atoms. The van der Waals surface area contributed by atoms with Gasteiger partial charge in [-0.3, -0.25) is 4.79 Å². The van der Waals surface area contributed by atoms with E-state index in [1.165, 1.54) is 13.2 Å². The molecular formula is C25H23BrFN3O3. The van der Waals surface area contributed by atoms with E-state index in [2.05, 4.69) is 22.0 Å². The molecule has 0 unspecified atom stereocenters. The van der Waals surface area contributed by atoms with Gasteiger partial charge in [0.05, 0.1) is 29.1 Å². The van der Waals surface area contributed by atoms with Gasteiger partial charge in [-0.1, -0.05) is 18.2 Å². The minimum Gasteiger partial charge on any atom is -0.493 e. The van der Waals surface area contributed by atoms with Crippen LogP contribution in [0.4, 0.5) is 4.39 Å². The van der Waals surface area contributed by atoms with Crippen LogP contribution in [-0.4, -0.2) is 24.8 Å². The second kappa shape index (κ2) is 9.28. The van der Waals surface area contributed by atoms with Crippen LogP contribution in [0, 0.1) is 17.1 Å². The highest BCUT2D eigenvalue weighted by atomic mass is 79.9. The lowest BCUT2D eigenvalue weighted by Gasteiger charge is -2.37. The number of ketones is 1. The van der Waals surface area contributed by atoms with Gasteiger partial charge < -0.3 is 20.1 Å². The van der Waals surface area contributed by atoms with Crippen molar-refractivity contribution < 1.29 is 18.7 Å². The maximum Gasteiger partial charge on any atom is 0.175 e. The molecule has 170 valence electrons. The Kier molecular flexibility index (Phi) is 6.43. The van der Waals surface area contributed by atoms with Crippen molar-refractivity contribution in [1.82, 2.24) is 4.90 Å². The summed E-state index contributed by atoms with van der Waals surface area (Å²) in [5.74, 6) is 0.201. The molecule has 1 atom stereocenters. The highest BCUT2D eigenvalue weighted by Crippen LogP contribution is 2.47. The van der Waals surface area contributed by atoms with Gasteiger partial charge in [0.2, 0.25) is 0 Å². The fourth-order valence-electron chi connectivity index (χ4n) is 4.41. The number of methoxy groups -OCH3 is 1. The number of ether oxygens (including phenoxy) is 2. The first-order valence-electron chi connectivity index (χ1n) is 10.5. The standard InChI is InChI=1S/C25H23BrFN3O3/c1-30-19-8-5-9-20(31)23(19)22(16(12-28)25(30)29)15-10-17(26)24(21(11-15)32-2)33-13-14-6-3-4-7-18(14)27/h3-4,6-7,10-11,22H,5,8-9,13,29H2,1-2H3/t22-/m1/s1. The van der Waals surface area contributed by atoms with E-state index in [0.717, 1.165) is 18.5 Å². The summed E-state index contributed by atoms with van der Waals surface area (Å²) in [6, 6.07) is 12.1. The van der Waals surface area contributed by atoms with Crippen molar-refractivity contribution in [2.24, 2.45) is 5.73 Å². The molecule has 0 aromatic heterocycles. The SMILES string of the molecule is COc1cc([C@@H]2C(C#N)=C(N)N(C)C3=C2C(=O)CCC3)cc(Br)c1OCc1ccccc1F. The van der Waals surface area contributed by atoms with E-state index in [-0.39, 0.29) is 18.2 Å². The number of hydrogen-bond acceptors (Lipinski definition) is 6. The van der Waals surface area contributed by atoms with E-state index < -0.39 is 5.92 Å². The number of rotatable bonds is 5. The highest BCUT2D eigenvalue weighted by molar-refractivity contribution is 9.10. The first-order chi connectivity index (χ1) is 15.9. The zero-order valence-electron chi connectivity index (χ0n) is 18.3. The van der Waals surface area contributed by atoms with Gasteiger partial charge in [0.1, 0.15) is 18.2 Å². The Balaban J connectivity index is 1.77. The summed E-state index contributed by atoms with van der Waals surface area (Å²) in [5.41, 5.74) is 9.18. The highest BCUT2D eigenvalue weighted by Gasteiger charge is 2.39. The number of allylic oxidation sites excluding steroid dienone is 3. The van der Waals surface area contributed by atoms with Crippen LogP contribution in [0.1, 0.15) is 36.3 Å². The quantitative estimate of drug-likeness (QED) is 0.613. The number of nitrogens with two attached hydrogens (primary N) is 1. The average Bonchev–Trinajstić information content (AvgIpc) is 2.81. The van der Waals surface area contributed by atoms with Crippen LogP contribution in [0.2, 0.25) is 0 Å². The molecule has 0 spiro atoms. The number of carbonyl (C=O) groups is 1. The van der Waals surface area contributed by atoms with Gasteiger partial charge >= 0.3 is 0 Å². The third-order valence-corrected chi connectivity index (χ3v) is 6.67. The van der Waals surface area contributed by atoms with Gasteiger partial charge in [-0.2, -0.15) is 5.26 Å². The number of nitriles is 1. The minimum atomic E-state index is -0.597. The zero-order chi connectivity index (χ0) is 23.7. The van der Waals surface area contributed by atoms with Crippen LogP contribution in [0.5, 0.6) is 11.5 Å². The lowest BCUT2D eigenvalue weighted by molar-refractivity contribution is -0.116. The van der Waals surface area contributed by atoms with E-state index in [1.54, 1.807) is 42.3 Å². The first-order valence-corrected chi connectivity index (χ1v) is 11.3. The Labute approximate surface area is 200 Å². The van der Waals surface area contributed by atoms with Crippen molar-refractivity contribution in [2.45, 2.75) is 31.8 Å². The van der Waals surface area contributed by atoms with E-state index in [0.29, 0.717) is 50.5 Å². The topological polar surface area (TPSA) is 88.6 Å². The number of Topliss-reactive ketones (excluding diaryl/α,β-unsaturated/α-hetero) is 1. The lowest BCUT2D eigenvalue weighted by Crippen LogP contribution is -2.36. The van der Waals surface area contributed by atoms with Crippen molar-refractivity contribution >= 4 is 21.7 Å². The third-order valence-electron chi connectivity index (χ3n) is 6.08. The summed E-state index contributed by atoms with van der Waals surface area (Å²) in [4.78, 5) is 14.7. The maximum atomic E-state index is 14.0. The molecule has 2 aromatic rings. The fourth-order valence-corrected chi connectivity index (χ4v) is 4.98. The monoisotopic (exact) mass is 511 g/mol. The summed E-state index contributed by atoms with van der Waals surface area (Å²) < 4.78 is 26.0. The molecule has 2 aromatic carbocycles. The Morgan fingerprint density at radius 1 is 1.30 bits per heavy atom. The van der Waals surface area contributed by atoms with Gasteiger partial charge in [-0.15, -0.1) is 0 Å². The Morgan fingerprint density at radius 3 is 2.76 bits per heavy atom. The summed E-state index contributed by atoms with van der Waals surface area (Å²) in [7, 11) is 3.29. The van der Waals surface area contributed by atoms with Crippen molar-refractivity contribution in [3.05, 3.63) is 80.5 Å². The predicted molar refractivity (Wildman–Crippen MR) is 125 cm³/mol. The van der Waals surface area contributed by atoms with Crippen molar-refractivity contribution in [1.29, 1.82) is 5.26 Å². The molecule has 0 radical (unpaired) electrons. The van der Waals surface area contributed by atoms with E-state index in [4.69, 9.17) is 15.2 Å².